The number of anilines is 1. The number of nitrogens with two attached hydrogens (primary N) is 1. The van der Waals surface area contributed by atoms with E-state index in [1.54, 1.807) is 25.3 Å². The summed E-state index contributed by atoms with van der Waals surface area (Å²) >= 11 is 2.82. The van der Waals surface area contributed by atoms with Gasteiger partial charge in [0.2, 0.25) is 0 Å². The molecular weight excluding hydrogens is 321 g/mol. The van der Waals surface area contributed by atoms with E-state index in [4.69, 9.17) is 5.73 Å². The van der Waals surface area contributed by atoms with E-state index in [0.29, 0.717) is 33.5 Å². The van der Waals surface area contributed by atoms with Gasteiger partial charge in [-0.05, 0) is 18.6 Å². The van der Waals surface area contributed by atoms with E-state index in [0.717, 1.165) is 4.34 Å². The van der Waals surface area contributed by atoms with Crippen LogP contribution >= 0.6 is 23.1 Å². The lowest BCUT2D eigenvalue weighted by Crippen LogP contribution is -1.97. The molecule has 22 heavy (non-hydrogen) atoms. The van der Waals surface area contributed by atoms with Gasteiger partial charge in [-0.3, -0.25) is 0 Å². The highest BCUT2D eigenvalue weighted by Gasteiger charge is 2.12. The number of nitrogens with zero attached hydrogens (tertiary/aromatic N) is 4. The zero-order valence-electron chi connectivity index (χ0n) is 11.7. The predicted molar refractivity (Wildman–Crippen MR) is 86.0 cm³/mol. The molecule has 0 saturated heterocycles. The summed E-state index contributed by atoms with van der Waals surface area (Å²) in [6.07, 6.45) is 1.64. The number of halogens is 1. The molecule has 8 heteroatoms. The maximum absolute atomic E-state index is 13.6. The molecule has 1 aromatic carbocycles. The van der Waals surface area contributed by atoms with E-state index < -0.39 is 0 Å². The summed E-state index contributed by atoms with van der Waals surface area (Å²) in [4.78, 5) is 8.24. The number of hydrogen-bond acceptors (Lipinski definition) is 7. The van der Waals surface area contributed by atoms with Gasteiger partial charge in [-0.2, -0.15) is 0 Å². The highest BCUT2D eigenvalue weighted by atomic mass is 32.2. The Morgan fingerprint density at radius 2 is 2.09 bits per heavy atom. The Hall–Kier alpha value is -2.06. The molecule has 0 radical (unpaired) electrons. The van der Waals surface area contributed by atoms with Crippen LogP contribution in [0.1, 0.15) is 11.4 Å². The van der Waals surface area contributed by atoms with Gasteiger partial charge in [0.1, 0.15) is 17.5 Å². The van der Waals surface area contributed by atoms with Crippen LogP contribution in [0.3, 0.4) is 0 Å². The van der Waals surface area contributed by atoms with Crippen molar-refractivity contribution in [2.45, 2.75) is 17.0 Å². The molecule has 2 heterocycles. The van der Waals surface area contributed by atoms with Crippen LogP contribution in [0.5, 0.6) is 0 Å². The van der Waals surface area contributed by atoms with Gasteiger partial charge < -0.3 is 5.73 Å². The quantitative estimate of drug-likeness (QED) is 0.738. The molecular formula is C14H12FN5S2. The average molecular weight is 333 g/mol. The second-order valence-electron chi connectivity index (χ2n) is 4.47. The lowest BCUT2D eigenvalue weighted by atomic mass is 10.2. The van der Waals surface area contributed by atoms with Crippen molar-refractivity contribution in [1.82, 2.24) is 20.2 Å². The average Bonchev–Trinajstić information content (AvgIpc) is 2.95. The van der Waals surface area contributed by atoms with Crippen LogP contribution in [-0.4, -0.2) is 20.2 Å². The van der Waals surface area contributed by atoms with Crippen molar-refractivity contribution >= 4 is 28.9 Å². The number of rotatable bonds is 4. The molecule has 2 N–H and O–H groups in total. The third-order valence-corrected chi connectivity index (χ3v) is 5.02. The van der Waals surface area contributed by atoms with Gasteiger partial charge in [0, 0.05) is 11.9 Å². The minimum absolute atomic E-state index is 0.212. The van der Waals surface area contributed by atoms with Crippen molar-refractivity contribution < 1.29 is 4.39 Å². The molecule has 0 aliphatic rings. The first-order valence-corrected chi connectivity index (χ1v) is 8.23. The molecule has 0 fully saturated rings. The Bertz CT molecular complexity index is 805. The van der Waals surface area contributed by atoms with E-state index in [1.165, 1.54) is 29.2 Å². The summed E-state index contributed by atoms with van der Waals surface area (Å²) in [5.74, 6) is 1.28. The van der Waals surface area contributed by atoms with Crippen molar-refractivity contribution in [3.8, 4) is 10.6 Å². The van der Waals surface area contributed by atoms with Gasteiger partial charge in [-0.15, -0.1) is 10.2 Å². The molecule has 0 bridgehead atoms. The molecule has 0 unspecified atom stereocenters. The van der Waals surface area contributed by atoms with Gasteiger partial charge in [0.25, 0.3) is 0 Å². The van der Waals surface area contributed by atoms with Gasteiger partial charge in [-0.25, -0.2) is 14.4 Å². The first-order valence-electron chi connectivity index (χ1n) is 6.42. The second-order valence-corrected chi connectivity index (χ2v) is 6.67. The van der Waals surface area contributed by atoms with Crippen molar-refractivity contribution in [3.63, 3.8) is 0 Å². The minimum atomic E-state index is -0.212. The summed E-state index contributed by atoms with van der Waals surface area (Å²) in [7, 11) is 0. The number of benzene rings is 1. The maximum Gasteiger partial charge on any atom is 0.174 e. The molecule has 0 aliphatic carbocycles. The predicted octanol–water partition coefficient (Wildman–Crippen LogP) is 3.32. The Balaban J connectivity index is 1.75. The molecule has 3 aromatic rings. The van der Waals surface area contributed by atoms with Crippen molar-refractivity contribution in [3.05, 3.63) is 47.7 Å². The van der Waals surface area contributed by atoms with Crippen LogP contribution < -0.4 is 5.73 Å². The SMILES string of the molecule is Cc1ncc(-c2nnc(SCc3ccccc3F)s2)c(N)n1. The first kappa shape index (κ1) is 14.9. The van der Waals surface area contributed by atoms with Crippen molar-refractivity contribution in [1.29, 1.82) is 0 Å². The number of aryl methyl sites for hydroxylation is 1. The monoisotopic (exact) mass is 333 g/mol. The largest absolute Gasteiger partial charge is 0.383 e. The molecule has 0 aliphatic heterocycles. The Labute approximate surface area is 134 Å². The van der Waals surface area contributed by atoms with Crippen LogP contribution in [-0.2, 0) is 5.75 Å². The standard InChI is InChI=1S/C14H12FN5S2/c1-8-17-6-10(12(16)18-8)13-19-20-14(22-13)21-7-9-4-2-3-5-11(9)15/h2-6H,7H2,1H3,(H2,16,17,18). The summed E-state index contributed by atoms with van der Waals surface area (Å²) in [5.41, 5.74) is 7.19. The first-order chi connectivity index (χ1) is 10.6. The van der Waals surface area contributed by atoms with Crippen molar-refractivity contribution in [2.75, 3.05) is 5.73 Å². The summed E-state index contributed by atoms with van der Waals surface area (Å²) in [6.45, 7) is 1.77. The molecule has 3 rings (SSSR count). The number of hydrogen-bond donors (Lipinski definition) is 1. The fraction of sp³-hybridized carbons (Fsp3) is 0.143. The molecule has 0 spiro atoms. The third kappa shape index (κ3) is 3.23. The number of aromatic nitrogens is 4. The van der Waals surface area contributed by atoms with Crippen LogP contribution in [0, 0.1) is 12.7 Å². The zero-order chi connectivity index (χ0) is 15.5. The Morgan fingerprint density at radius 3 is 2.86 bits per heavy atom. The molecule has 0 atom stereocenters. The summed E-state index contributed by atoms with van der Waals surface area (Å²) < 4.78 is 14.3. The van der Waals surface area contributed by atoms with E-state index in [-0.39, 0.29) is 5.82 Å². The second kappa shape index (κ2) is 6.37. The molecule has 0 amide bonds. The molecule has 0 saturated carbocycles. The van der Waals surface area contributed by atoms with Crippen LogP contribution in [0.25, 0.3) is 10.6 Å². The third-order valence-electron chi connectivity index (χ3n) is 2.88. The van der Waals surface area contributed by atoms with Gasteiger partial charge in [0.15, 0.2) is 9.35 Å². The molecule has 5 nitrogen and oxygen atoms in total. The normalized spacial score (nSPS) is 10.8. The fourth-order valence-corrected chi connectivity index (χ4v) is 3.64. The fourth-order valence-electron chi connectivity index (χ4n) is 1.78. The van der Waals surface area contributed by atoms with Gasteiger partial charge in [0.05, 0.1) is 5.56 Å². The van der Waals surface area contributed by atoms with Crippen LogP contribution in [0.15, 0.2) is 34.8 Å². The number of nitrogen functional groups attached to an aromatic ring is 1. The highest BCUT2D eigenvalue weighted by Crippen LogP contribution is 2.33. The zero-order valence-corrected chi connectivity index (χ0v) is 13.3. The molecule has 112 valence electrons. The lowest BCUT2D eigenvalue weighted by Gasteiger charge is -2.00. The van der Waals surface area contributed by atoms with E-state index >= 15 is 0 Å². The topological polar surface area (TPSA) is 77.6 Å². The van der Waals surface area contributed by atoms with Crippen molar-refractivity contribution in [2.24, 2.45) is 0 Å². The molecule has 2 aromatic heterocycles. The van der Waals surface area contributed by atoms with E-state index in [9.17, 15) is 4.39 Å². The maximum atomic E-state index is 13.6. The Kier molecular flexibility index (Phi) is 4.30. The van der Waals surface area contributed by atoms with E-state index in [1.807, 2.05) is 6.07 Å². The van der Waals surface area contributed by atoms with Crippen LogP contribution in [0.2, 0.25) is 0 Å². The Morgan fingerprint density at radius 1 is 1.27 bits per heavy atom. The van der Waals surface area contributed by atoms with Gasteiger partial charge in [-0.1, -0.05) is 41.3 Å². The smallest absolute Gasteiger partial charge is 0.174 e. The highest BCUT2D eigenvalue weighted by molar-refractivity contribution is 8.00. The summed E-state index contributed by atoms with van der Waals surface area (Å²) in [5, 5.41) is 8.87. The van der Waals surface area contributed by atoms with E-state index in [2.05, 4.69) is 20.2 Å². The lowest BCUT2D eigenvalue weighted by molar-refractivity contribution is 0.617. The van der Waals surface area contributed by atoms with Gasteiger partial charge >= 0.3 is 0 Å². The van der Waals surface area contributed by atoms with Crippen LogP contribution in [0.4, 0.5) is 10.2 Å². The summed E-state index contributed by atoms with van der Waals surface area (Å²) in [6, 6.07) is 6.70. The minimum Gasteiger partial charge on any atom is -0.383 e. The number of thioether (sulfide) groups is 1.